The first-order valence-corrected chi connectivity index (χ1v) is 9.84. The second kappa shape index (κ2) is 7.36. The number of imidazole rings is 1. The average molecular weight is 370 g/mol. The standard InChI is InChI=1S/C21H30N4O2/c1-23-12-9-22-18(23)15-25-10-7-21(8-11-25)17-6-4-3-5-16(17)19(20(21)27)24(2)13-14-26/h3-6,9,12,19-20,26-27H,7-8,10-11,13-15H2,1-2H3/t19-,20+/m1/s1. The van der Waals surface area contributed by atoms with E-state index in [0.717, 1.165) is 38.3 Å². The van der Waals surface area contributed by atoms with Crippen LogP contribution >= 0.6 is 0 Å². The molecule has 27 heavy (non-hydrogen) atoms. The molecule has 2 aliphatic rings. The van der Waals surface area contributed by atoms with Crippen molar-refractivity contribution in [2.24, 2.45) is 7.05 Å². The van der Waals surface area contributed by atoms with E-state index in [1.54, 1.807) is 0 Å². The van der Waals surface area contributed by atoms with Crippen LogP contribution in [-0.2, 0) is 19.0 Å². The molecular formula is C21H30N4O2. The zero-order chi connectivity index (χ0) is 19.0. The van der Waals surface area contributed by atoms with Crippen LogP contribution in [0.4, 0.5) is 0 Å². The molecule has 0 amide bonds. The first-order chi connectivity index (χ1) is 13.1. The Morgan fingerprint density at radius 3 is 2.67 bits per heavy atom. The van der Waals surface area contributed by atoms with E-state index in [1.807, 2.05) is 26.5 Å². The summed E-state index contributed by atoms with van der Waals surface area (Å²) in [5.41, 5.74) is 2.32. The smallest absolute Gasteiger partial charge is 0.122 e. The maximum atomic E-state index is 11.4. The second-order valence-electron chi connectivity index (χ2n) is 8.07. The van der Waals surface area contributed by atoms with Gasteiger partial charge in [0.1, 0.15) is 5.82 Å². The lowest BCUT2D eigenvalue weighted by Gasteiger charge is -2.43. The third-order valence-corrected chi connectivity index (χ3v) is 6.64. The lowest BCUT2D eigenvalue weighted by Crippen LogP contribution is -2.49. The summed E-state index contributed by atoms with van der Waals surface area (Å²) in [5.74, 6) is 1.08. The molecule has 1 fully saturated rings. The van der Waals surface area contributed by atoms with Gasteiger partial charge in [-0.2, -0.15) is 0 Å². The number of likely N-dealkylation sites (tertiary alicyclic amines) is 1. The third-order valence-electron chi connectivity index (χ3n) is 6.64. The van der Waals surface area contributed by atoms with Gasteiger partial charge < -0.3 is 14.8 Å². The second-order valence-corrected chi connectivity index (χ2v) is 8.07. The van der Waals surface area contributed by atoms with Crippen molar-refractivity contribution in [1.29, 1.82) is 0 Å². The number of nitrogens with zero attached hydrogens (tertiary/aromatic N) is 4. The highest BCUT2D eigenvalue weighted by molar-refractivity contribution is 5.45. The molecular weight excluding hydrogens is 340 g/mol. The van der Waals surface area contributed by atoms with Gasteiger partial charge in [0.15, 0.2) is 0 Å². The SMILES string of the molecule is CN(CCO)[C@@H]1c2ccccc2C2(CCN(Cc3nccn3C)CC2)[C@H]1O. The van der Waals surface area contributed by atoms with Gasteiger partial charge in [-0.25, -0.2) is 4.98 Å². The van der Waals surface area contributed by atoms with Crippen molar-refractivity contribution in [2.75, 3.05) is 33.3 Å². The van der Waals surface area contributed by atoms with Crippen LogP contribution in [0.2, 0.25) is 0 Å². The summed E-state index contributed by atoms with van der Waals surface area (Å²) < 4.78 is 2.07. The van der Waals surface area contributed by atoms with Crippen molar-refractivity contribution in [1.82, 2.24) is 19.4 Å². The maximum Gasteiger partial charge on any atom is 0.122 e. The van der Waals surface area contributed by atoms with E-state index in [-0.39, 0.29) is 18.1 Å². The van der Waals surface area contributed by atoms with E-state index in [1.165, 1.54) is 11.1 Å². The summed E-state index contributed by atoms with van der Waals surface area (Å²) >= 11 is 0. The summed E-state index contributed by atoms with van der Waals surface area (Å²) in [7, 11) is 4.03. The predicted octanol–water partition coefficient (Wildman–Crippen LogP) is 1.29. The van der Waals surface area contributed by atoms with Gasteiger partial charge in [0, 0.05) is 31.4 Å². The van der Waals surface area contributed by atoms with Crippen LogP contribution in [0, 0.1) is 0 Å². The number of aromatic nitrogens is 2. The quantitative estimate of drug-likeness (QED) is 0.830. The number of benzene rings is 1. The molecule has 2 atom stereocenters. The minimum Gasteiger partial charge on any atom is -0.395 e. The van der Waals surface area contributed by atoms with Crippen molar-refractivity contribution in [3.8, 4) is 0 Å². The van der Waals surface area contributed by atoms with Gasteiger partial charge in [0.05, 0.1) is 25.3 Å². The Morgan fingerprint density at radius 1 is 1.26 bits per heavy atom. The Bertz CT molecular complexity index is 782. The molecule has 2 N–H and O–H groups in total. The molecule has 1 aliphatic carbocycles. The highest BCUT2D eigenvalue weighted by Crippen LogP contribution is 2.52. The zero-order valence-corrected chi connectivity index (χ0v) is 16.3. The lowest BCUT2D eigenvalue weighted by molar-refractivity contribution is -0.0129. The zero-order valence-electron chi connectivity index (χ0n) is 16.3. The van der Waals surface area contributed by atoms with E-state index in [2.05, 4.69) is 43.6 Å². The number of likely N-dealkylation sites (N-methyl/N-ethyl adjacent to an activating group) is 1. The number of piperidine rings is 1. The predicted molar refractivity (Wildman–Crippen MR) is 104 cm³/mol. The molecule has 0 saturated carbocycles. The Labute approximate surface area is 161 Å². The molecule has 0 bridgehead atoms. The normalized spacial score (nSPS) is 24.6. The molecule has 1 spiro atoms. The van der Waals surface area contributed by atoms with Gasteiger partial charge in [-0.1, -0.05) is 24.3 Å². The van der Waals surface area contributed by atoms with Gasteiger partial charge in [0.2, 0.25) is 0 Å². The Morgan fingerprint density at radius 2 is 2.00 bits per heavy atom. The van der Waals surface area contributed by atoms with E-state index in [0.29, 0.717) is 6.54 Å². The number of hydrogen-bond acceptors (Lipinski definition) is 5. The molecule has 1 aromatic heterocycles. The van der Waals surface area contributed by atoms with Crippen LogP contribution in [-0.4, -0.2) is 69.0 Å². The van der Waals surface area contributed by atoms with Crippen LogP contribution in [0.1, 0.15) is 35.8 Å². The summed E-state index contributed by atoms with van der Waals surface area (Å²) in [5, 5.41) is 20.8. The number of fused-ring (bicyclic) bond motifs is 2. The van der Waals surface area contributed by atoms with E-state index in [9.17, 15) is 10.2 Å². The summed E-state index contributed by atoms with van der Waals surface area (Å²) in [6, 6.07) is 8.43. The molecule has 2 aromatic rings. The topological polar surface area (TPSA) is 64.8 Å². The molecule has 0 radical (unpaired) electrons. The molecule has 1 saturated heterocycles. The molecule has 0 unspecified atom stereocenters. The molecule has 1 aliphatic heterocycles. The minimum absolute atomic E-state index is 0.0468. The average Bonchev–Trinajstić information content (AvgIpc) is 3.17. The van der Waals surface area contributed by atoms with E-state index in [4.69, 9.17) is 0 Å². The van der Waals surface area contributed by atoms with Crippen LogP contribution in [0.5, 0.6) is 0 Å². The Balaban J connectivity index is 1.56. The maximum absolute atomic E-state index is 11.4. The number of rotatable bonds is 5. The van der Waals surface area contributed by atoms with Crippen molar-refractivity contribution >= 4 is 0 Å². The monoisotopic (exact) mass is 370 g/mol. The van der Waals surface area contributed by atoms with Gasteiger partial charge in [0.25, 0.3) is 0 Å². The molecule has 146 valence electrons. The molecule has 6 nitrogen and oxygen atoms in total. The van der Waals surface area contributed by atoms with Crippen molar-refractivity contribution < 1.29 is 10.2 Å². The lowest BCUT2D eigenvalue weighted by atomic mass is 9.72. The first kappa shape index (κ1) is 18.6. The van der Waals surface area contributed by atoms with Gasteiger partial charge in [-0.3, -0.25) is 9.80 Å². The fourth-order valence-electron chi connectivity index (χ4n) is 5.04. The number of aliphatic hydroxyl groups excluding tert-OH is 2. The fourth-order valence-corrected chi connectivity index (χ4v) is 5.04. The van der Waals surface area contributed by atoms with Gasteiger partial charge in [-0.15, -0.1) is 0 Å². The van der Waals surface area contributed by atoms with Crippen molar-refractivity contribution in [2.45, 2.75) is 36.9 Å². The first-order valence-electron chi connectivity index (χ1n) is 9.84. The van der Waals surface area contributed by atoms with Crippen LogP contribution in [0.3, 0.4) is 0 Å². The summed E-state index contributed by atoms with van der Waals surface area (Å²) in [6.45, 7) is 3.43. The highest BCUT2D eigenvalue weighted by atomic mass is 16.3. The van der Waals surface area contributed by atoms with Crippen molar-refractivity contribution in [3.05, 3.63) is 53.6 Å². The number of aliphatic hydroxyl groups is 2. The minimum atomic E-state index is -0.443. The van der Waals surface area contributed by atoms with Crippen LogP contribution < -0.4 is 0 Å². The third kappa shape index (κ3) is 3.10. The number of hydrogen-bond donors (Lipinski definition) is 2. The Hall–Kier alpha value is -1.73. The van der Waals surface area contributed by atoms with Crippen LogP contribution in [0.25, 0.3) is 0 Å². The summed E-state index contributed by atoms with van der Waals surface area (Å²) in [4.78, 5) is 8.98. The van der Waals surface area contributed by atoms with Crippen LogP contribution in [0.15, 0.2) is 36.7 Å². The van der Waals surface area contributed by atoms with E-state index < -0.39 is 6.10 Å². The Kier molecular flexibility index (Phi) is 5.07. The fraction of sp³-hybridized carbons (Fsp3) is 0.571. The molecule has 2 heterocycles. The summed E-state index contributed by atoms with van der Waals surface area (Å²) in [6.07, 6.45) is 5.28. The number of aryl methyl sites for hydroxylation is 1. The van der Waals surface area contributed by atoms with Crippen molar-refractivity contribution in [3.63, 3.8) is 0 Å². The largest absolute Gasteiger partial charge is 0.395 e. The molecule has 4 rings (SSSR count). The van der Waals surface area contributed by atoms with Gasteiger partial charge >= 0.3 is 0 Å². The van der Waals surface area contributed by atoms with Gasteiger partial charge in [-0.05, 0) is 44.1 Å². The van der Waals surface area contributed by atoms with E-state index >= 15 is 0 Å². The highest BCUT2D eigenvalue weighted by Gasteiger charge is 2.53. The molecule has 1 aromatic carbocycles. The molecule has 6 heteroatoms.